The van der Waals surface area contributed by atoms with Crippen molar-refractivity contribution in [2.75, 3.05) is 37.2 Å². The molecule has 0 saturated carbocycles. The number of ether oxygens (including phenoxy) is 7. The summed E-state index contributed by atoms with van der Waals surface area (Å²) in [6.45, 7) is 3.80. The number of imidazole rings is 2. The van der Waals surface area contributed by atoms with Crippen LogP contribution in [0, 0.1) is 5.92 Å². The highest BCUT2D eigenvalue weighted by Gasteiger charge is 2.41. The second-order valence-corrected chi connectivity index (χ2v) is 15.1. The van der Waals surface area contributed by atoms with Crippen LogP contribution in [0.3, 0.4) is 0 Å². The third-order valence-corrected chi connectivity index (χ3v) is 10.3. The summed E-state index contributed by atoms with van der Waals surface area (Å²) in [5.74, 6) is -1.60. The summed E-state index contributed by atoms with van der Waals surface area (Å²) in [6.07, 6.45) is 0.0151. The molecule has 2 aromatic carbocycles. The molecule has 6 aromatic rings. The molecule has 6 atom stereocenters. The molecule has 0 aliphatic carbocycles. The van der Waals surface area contributed by atoms with E-state index < -0.39 is 54.4 Å². The van der Waals surface area contributed by atoms with Gasteiger partial charge in [0.25, 0.3) is 11.5 Å². The smallest absolute Gasteiger partial charge is 0.344 e. The standard InChI is InChI=1S/C42H44N10O12/c1-23(2)39(55)49-42-48-38-35(41(57)50-42)46-21-52(38)31-14-27(30(63-31)17-59-24(3)53)61-22-58-16-29-28(64-33(54)18-60-26-12-8-5-9-13-26)15-32(62-29)51-20-45-34-36(43-19-44-37(34)51)47-40(56)25-10-6-4-7-11-25/h4-13,19-21,23,27-32H,14-18,22H2,1-3H3,(H,43,44,47,56)(H2,48,49,50,55,57)/t27-,28-,29+,30+,31+,32+/m0/s1. The van der Waals surface area contributed by atoms with E-state index in [9.17, 15) is 24.0 Å². The predicted octanol–water partition coefficient (Wildman–Crippen LogP) is 3.29. The van der Waals surface area contributed by atoms with Gasteiger partial charge in [-0.25, -0.2) is 24.7 Å². The van der Waals surface area contributed by atoms with Crippen molar-refractivity contribution in [2.24, 2.45) is 5.92 Å². The minimum atomic E-state index is -0.815. The number of H-pyrrole nitrogens is 1. The van der Waals surface area contributed by atoms with Gasteiger partial charge in [0, 0.05) is 31.2 Å². The molecule has 2 amide bonds. The van der Waals surface area contributed by atoms with E-state index in [0.29, 0.717) is 22.5 Å². The molecule has 8 rings (SSSR count). The van der Waals surface area contributed by atoms with E-state index in [1.807, 2.05) is 6.07 Å². The quantitative estimate of drug-likeness (QED) is 0.0674. The number of aromatic amines is 1. The van der Waals surface area contributed by atoms with Crippen LogP contribution in [0.25, 0.3) is 22.3 Å². The van der Waals surface area contributed by atoms with Gasteiger partial charge in [-0.05, 0) is 24.3 Å². The molecule has 0 radical (unpaired) electrons. The lowest BCUT2D eigenvalue weighted by molar-refractivity contribution is -0.164. The molecule has 2 aliphatic rings. The zero-order valence-electron chi connectivity index (χ0n) is 34.8. The summed E-state index contributed by atoms with van der Waals surface area (Å²) in [7, 11) is 0. The molecule has 4 aromatic heterocycles. The Hall–Kier alpha value is -7.14. The number of esters is 2. The van der Waals surface area contributed by atoms with Crippen molar-refractivity contribution in [2.45, 2.75) is 70.5 Å². The van der Waals surface area contributed by atoms with E-state index in [1.165, 1.54) is 25.9 Å². The molecule has 0 unspecified atom stereocenters. The van der Waals surface area contributed by atoms with Crippen LogP contribution in [0.1, 0.15) is 56.4 Å². The summed E-state index contributed by atoms with van der Waals surface area (Å²) in [4.78, 5) is 87.4. The maximum absolute atomic E-state index is 13.1. The fourth-order valence-corrected chi connectivity index (χ4v) is 7.08. The molecule has 3 N–H and O–H groups in total. The van der Waals surface area contributed by atoms with Gasteiger partial charge in [0.1, 0.15) is 56.2 Å². The lowest BCUT2D eigenvalue weighted by Gasteiger charge is -2.21. The lowest BCUT2D eigenvalue weighted by atomic mass is 10.2. The van der Waals surface area contributed by atoms with Crippen LogP contribution >= 0.6 is 0 Å². The van der Waals surface area contributed by atoms with Gasteiger partial charge in [-0.1, -0.05) is 50.2 Å². The van der Waals surface area contributed by atoms with Crippen LogP contribution in [0.2, 0.25) is 0 Å². The van der Waals surface area contributed by atoms with Gasteiger partial charge >= 0.3 is 11.9 Å². The van der Waals surface area contributed by atoms with E-state index in [0.717, 1.165) is 0 Å². The van der Waals surface area contributed by atoms with Crippen molar-refractivity contribution in [3.63, 3.8) is 0 Å². The SMILES string of the molecule is CC(=O)OC[C@H]1O[C@@H](n2cnc3c(=O)[nH]c(NC(=O)C(C)C)nc32)C[C@@H]1OCOC[C@H]1O[C@@H](n2cnc3c(NC(=O)c4ccccc4)ncnc32)C[C@@H]1OC(=O)COc1ccccc1. The van der Waals surface area contributed by atoms with Gasteiger partial charge in [0.2, 0.25) is 11.9 Å². The van der Waals surface area contributed by atoms with E-state index >= 15 is 0 Å². The first-order chi connectivity index (χ1) is 31.0. The van der Waals surface area contributed by atoms with Crippen molar-refractivity contribution in [1.29, 1.82) is 0 Å². The Morgan fingerprint density at radius 1 is 0.828 bits per heavy atom. The summed E-state index contributed by atoms with van der Waals surface area (Å²) < 4.78 is 44.8. The molecule has 6 heterocycles. The van der Waals surface area contributed by atoms with Gasteiger partial charge in [0.15, 0.2) is 34.8 Å². The number of hydrogen-bond acceptors (Lipinski definition) is 17. The van der Waals surface area contributed by atoms with Gasteiger partial charge in [-0.2, -0.15) is 4.98 Å². The Labute approximate surface area is 363 Å². The maximum Gasteiger partial charge on any atom is 0.344 e. The number of carbonyl (C=O) groups is 4. The van der Waals surface area contributed by atoms with Crippen LogP contribution in [-0.2, 0) is 42.8 Å². The third-order valence-electron chi connectivity index (χ3n) is 10.3. The zero-order valence-corrected chi connectivity index (χ0v) is 34.8. The molecule has 22 heteroatoms. The summed E-state index contributed by atoms with van der Waals surface area (Å²) >= 11 is 0. The predicted molar refractivity (Wildman–Crippen MR) is 223 cm³/mol. The highest BCUT2D eigenvalue weighted by Crippen LogP contribution is 2.35. The number of para-hydroxylation sites is 1. The first-order valence-corrected chi connectivity index (χ1v) is 20.3. The largest absolute Gasteiger partial charge is 0.482 e. The summed E-state index contributed by atoms with van der Waals surface area (Å²) in [5.41, 5.74) is 0.739. The molecule has 0 spiro atoms. The van der Waals surface area contributed by atoms with Gasteiger partial charge in [-0.3, -0.25) is 38.6 Å². The molecule has 2 fully saturated rings. The molecular formula is C42H44N10O12. The molecule has 334 valence electrons. The summed E-state index contributed by atoms with van der Waals surface area (Å²) in [6, 6.07) is 17.5. The number of hydrogen-bond donors (Lipinski definition) is 3. The number of fused-ring (bicyclic) bond motifs is 2. The molecule has 64 heavy (non-hydrogen) atoms. The number of rotatable bonds is 17. The van der Waals surface area contributed by atoms with Gasteiger partial charge in [-0.15, -0.1) is 0 Å². The van der Waals surface area contributed by atoms with Crippen molar-refractivity contribution in [3.8, 4) is 5.75 Å². The Morgan fingerprint density at radius 3 is 2.22 bits per heavy atom. The van der Waals surface area contributed by atoms with Crippen LogP contribution in [0.4, 0.5) is 11.8 Å². The van der Waals surface area contributed by atoms with Crippen LogP contribution in [0.15, 0.2) is 84.4 Å². The van der Waals surface area contributed by atoms with Crippen molar-refractivity contribution < 1.29 is 52.3 Å². The van der Waals surface area contributed by atoms with Gasteiger partial charge < -0.3 is 38.5 Å². The van der Waals surface area contributed by atoms with Crippen LogP contribution in [0.5, 0.6) is 5.75 Å². The van der Waals surface area contributed by atoms with Gasteiger partial charge in [0.05, 0.1) is 25.4 Å². The summed E-state index contributed by atoms with van der Waals surface area (Å²) in [5, 5.41) is 5.38. The Kier molecular flexibility index (Phi) is 13.3. The minimum absolute atomic E-state index is 0.0264. The Balaban J connectivity index is 0.951. The number of amides is 2. The second kappa shape index (κ2) is 19.5. The monoisotopic (exact) mass is 880 g/mol. The normalized spacial score (nSPS) is 20.7. The highest BCUT2D eigenvalue weighted by atomic mass is 16.7. The number of nitrogens with zero attached hydrogens (tertiary/aromatic N) is 7. The van der Waals surface area contributed by atoms with Crippen molar-refractivity contribution in [1.82, 2.24) is 39.0 Å². The van der Waals surface area contributed by atoms with Crippen LogP contribution in [-0.4, -0.2) is 114 Å². The topological polar surface area (TPSA) is 264 Å². The fraction of sp³-hybridized carbons (Fsp3) is 0.381. The van der Waals surface area contributed by atoms with Crippen molar-refractivity contribution >= 4 is 57.8 Å². The minimum Gasteiger partial charge on any atom is -0.482 e. The average Bonchev–Trinajstić information content (AvgIpc) is 4.10. The molecule has 22 nitrogen and oxygen atoms in total. The van der Waals surface area contributed by atoms with E-state index in [4.69, 9.17) is 33.2 Å². The van der Waals surface area contributed by atoms with Crippen molar-refractivity contribution in [3.05, 3.63) is 95.6 Å². The number of carbonyl (C=O) groups excluding carboxylic acids is 4. The Morgan fingerprint density at radius 2 is 1.50 bits per heavy atom. The number of anilines is 2. The van der Waals surface area contributed by atoms with E-state index in [2.05, 4.69) is 40.5 Å². The second-order valence-electron chi connectivity index (χ2n) is 15.1. The fourth-order valence-electron chi connectivity index (χ4n) is 7.08. The number of aromatic nitrogens is 8. The maximum atomic E-state index is 13.1. The Bertz CT molecular complexity index is 2670. The first-order valence-electron chi connectivity index (χ1n) is 20.3. The third kappa shape index (κ3) is 10.0. The average molecular weight is 881 g/mol. The molecular weight excluding hydrogens is 837 g/mol. The van der Waals surface area contributed by atoms with E-state index in [1.54, 1.807) is 77.6 Å². The number of nitrogens with one attached hydrogen (secondary N) is 3. The first kappa shape index (κ1) is 43.5. The van der Waals surface area contributed by atoms with Crippen LogP contribution < -0.4 is 20.9 Å². The van der Waals surface area contributed by atoms with E-state index in [-0.39, 0.29) is 80.1 Å². The molecule has 2 saturated heterocycles. The molecule has 2 aliphatic heterocycles. The molecule has 0 bridgehead atoms. The zero-order chi connectivity index (χ0) is 44.7. The lowest BCUT2D eigenvalue weighted by Crippen LogP contribution is -2.34. The number of benzene rings is 2. The highest BCUT2D eigenvalue weighted by molar-refractivity contribution is 6.06.